The summed E-state index contributed by atoms with van der Waals surface area (Å²) in [6.45, 7) is 0.557. The second kappa shape index (κ2) is 10.3. The van der Waals surface area contributed by atoms with Crippen LogP contribution >= 0.6 is 0 Å². The molecule has 6 atom stereocenters. The predicted octanol–water partition coefficient (Wildman–Crippen LogP) is 0.452. The molecule has 174 valence electrons. The lowest BCUT2D eigenvalue weighted by Crippen LogP contribution is -2.55. The summed E-state index contributed by atoms with van der Waals surface area (Å²) in [6.07, 6.45) is -4.72. The zero-order chi connectivity index (χ0) is 22.7. The molecule has 0 bridgehead atoms. The molecular weight excluding hydrogens is 416 g/mol. The Labute approximate surface area is 186 Å². The number of ether oxygens (including phenoxy) is 3. The Morgan fingerprint density at radius 2 is 1.66 bits per heavy atom. The zero-order valence-electron chi connectivity index (χ0n) is 17.7. The summed E-state index contributed by atoms with van der Waals surface area (Å²) >= 11 is 0. The Balaban J connectivity index is 1.51. The van der Waals surface area contributed by atoms with Crippen LogP contribution in [0.3, 0.4) is 0 Å². The third-order valence-electron chi connectivity index (χ3n) is 6.10. The van der Waals surface area contributed by atoms with Crippen LogP contribution in [0.5, 0.6) is 5.75 Å². The van der Waals surface area contributed by atoms with Gasteiger partial charge in [0.05, 0.1) is 26.4 Å². The minimum absolute atomic E-state index is 0.0907. The molecule has 2 saturated heterocycles. The number of benzene rings is 2. The molecule has 2 fully saturated rings. The first-order valence-corrected chi connectivity index (χ1v) is 10.9. The number of aliphatic hydroxyl groups excluding tert-OH is 5. The fourth-order valence-corrected chi connectivity index (χ4v) is 4.24. The van der Waals surface area contributed by atoms with Gasteiger partial charge in [0, 0.05) is 6.42 Å². The van der Waals surface area contributed by atoms with Gasteiger partial charge in [-0.2, -0.15) is 0 Å². The Morgan fingerprint density at radius 1 is 0.906 bits per heavy atom. The van der Waals surface area contributed by atoms with Gasteiger partial charge < -0.3 is 39.7 Å². The van der Waals surface area contributed by atoms with Crippen LogP contribution in [-0.4, -0.2) is 75.9 Å². The zero-order valence-corrected chi connectivity index (χ0v) is 17.7. The van der Waals surface area contributed by atoms with Gasteiger partial charge in [-0.15, -0.1) is 0 Å². The fourth-order valence-electron chi connectivity index (χ4n) is 4.24. The van der Waals surface area contributed by atoms with E-state index < -0.39 is 37.1 Å². The highest BCUT2D eigenvalue weighted by Gasteiger charge is 2.44. The van der Waals surface area contributed by atoms with E-state index in [1.165, 1.54) is 0 Å². The van der Waals surface area contributed by atoms with Crippen molar-refractivity contribution in [2.24, 2.45) is 0 Å². The van der Waals surface area contributed by atoms with E-state index in [0.717, 1.165) is 29.9 Å². The SMILES string of the molecule is OCc1ccc(Cc2ccc(O[C@@H]3CCOC3)cc2)cc1[C@@H]1O[C@H](CO)[C@@H](O)[C@H](O)[C@H]1O. The van der Waals surface area contributed by atoms with E-state index in [1.807, 2.05) is 36.4 Å². The molecule has 0 amide bonds. The molecular formula is C24H30O8. The molecule has 0 aliphatic carbocycles. The lowest BCUT2D eigenvalue weighted by Gasteiger charge is -2.40. The lowest BCUT2D eigenvalue weighted by atomic mass is 9.88. The van der Waals surface area contributed by atoms with E-state index in [-0.39, 0.29) is 12.7 Å². The molecule has 0 unspecified atom stereocenters. The van der Waals surface area contributed by atoms with Crippen LogP contribution in [0.2, 0.25) is 0 Å². The van der Waals surface area contributed by atoms with E-state index >= 15 is 0 Å². The first kappa shape index (κ1) is 23.1. The summed E-state index contributed by atoms with van der Waals surface area (Å²) in [5.74, 6) is 0.793. The number of hydrogen-bond acceptors (Lipinski definition) is 8. The molecule has 32 heavy (non-hydrogen) atoms. The summed E-state index contributed by atoms with van der Waals surface area (Å²) in [4.78, 5) is 0. The normalized spacial score (nSPS) is 30.4. The average molecular weight is 446 g/mol. The summed E-state index contributed by atoms with van der Waals surface area (Å²) in [5.41, 5.74) is 3.03. The maximum Gasteiger partial charge on any atom is 0.124 e. The topological polar surface area (TPSA) is 129 Å². The van der Waals surface area contributed by atoms with E-state index in [9.17, 15) is 25.5 Å². The van der Waals surface area contributed by atoms with Gasteiger partial charge in [0.2, 0.25) is 0 Å². The molecule has 2 aromatic carbocycles. The summed E-state index contributed by atoms with van der Waals surface area (Å²) in [5, 5.41) is 50.0. The van der Waals surface area contributed by atoms with Crippen LogP contribution in [0.25, 0.3) is 0 Å². The first-order chi connectivity index (χ1) is 15.5. The van der Waals surface area contributed by atoms with Crippen molar-refractivity contribution in [1.29, 1.82) is 0 Å². The minimum Gasteiger partial charge on any atom is -0.488 e. The summed E-state index contributed by atoms with van der Waals surface area (Å²) in [7, 11) is 0. The van der Waals surface area contributed by atoms with Crippen molar-refractivity contribution in [3.05, 3.63) is 64.7 Å². The molecule has 2 heterocycles. The molecule has 0 aromatic heterocycles. The third-order valence-corrected chi connectivity index (χ3v) is 6.10. The van der Waals surface area contributed by atoms with Gasteiger partial charge in [0.15, 0.2) is 0 Å². The summed E-state index contributed by atoms with van der Waals surface area (Å²) in [6, 6.07) is 13.3. The Bertz CT molecular complexity index is 878. The van der Waals surface area contributed by atoms with E-state index in [1.54, 1.807) is 6.07 Å². The van der Waals surface area contributed by atoms with Gasteiger partial charge in [-0.05, 0) is 40.8 Å². The maximum absolute atomic E-state index is 10.5. The van der Waals surface area contributed by atoms with Crippen molar-refractivity contribution >= 4 is 0 Å². The van der Waals surface area contributed by atoms with Crippen molar-refractivity contribution in [3.8, 4) is 5.75 Å². The van der Waals surface area contributed by atoms with Crippen LogP contribution in [0.15, 0.2) is 42.5 Å². The molecule has 0 radical (unpaired) electrons. The van der Waals surface area contributed by atoms with Crippen molar-refractivity contribution in [3.63, 3.8) is 0 Å². The molecule has 2 aliphatic heterocycles. The van der Waals surface area contributed by atoms with Crippen LogP contribution < -0.4 is 4.74 Å². The Morgan fingerprint density at radius 3 is 2.31 bits per heavy atom. The first-order valence-electron chi connectivity index (χ1n) is 10.9. The average Bonchev–Trinajstić information content (AvgIpc) is 3.32. The smallest absolute Gasteiger partial charge is 0.124 e. The lowest BCUT2D eigenvalue weighted by molar-refractivity contribution is -0.232. The number of rotatable bonds is 7. The van der Waals surface area contributed by atoms with Crippen LogP contribution in [0.1, 0.15) is 34.8 Å². The van der Waals surface area contributed by atoms with Gasteiger partial charge in [-0.25, -0.2) is 0 Å². The van der Waals surface area contributed by atoms with Crippen molar-refractivity contribution in [2.75, 3.05) is 19.8 Å². The van der Waals surface area contributed by atoms with Crippen LogP contribution in [0, 0.1) is 0 Å². The van der Waals surface area contributed by atoms with E-state index in [4.69, 9.17) is 14.2 Å². The van der Waals surface area contributed by atoms with Gasteiger partial charge in [-0.3, -0.25) is 0 Å². The quantitative estimate of drug-likeness (QED) is 0.415. The van der Waals surface area contributed by atoms with E-state index in [2.05, 4.69) is 0 Å². The number of aliphatic hydroxyl groups is 5. The second-order valence-corrected chi connectivity index (χ2v) is 8.36. The monoisotopic (exact) mass is 446 g/mol. The van der Waals surface area contributed by atoms with Crippen LogP contribution in [0.4, 0.5) is 0 Å². The largest absolute Gasteiger partial charge is 0.488 e. The minimum atomic E-state index is -1.47. The van der Waals surface area contributed by atoms with E-state index in [0.29, 0.717) is 24.2 Å². The highest BCUT2D eigenvalue weighted by atomic mass is 16.6. The molecule has 0 saturated carbocycles. The molecule has 4 rings (SSSR count). The van der Waals surface area contributed by atoms with Crippen molar-refractivity contribution in [1.82, 2.24) is 0 Å². The molecule has 8 nitrogen and oxygen atoms in total. The van der Waals surface area contributed by atoms with Crippen molar-refractivity contribution < 1.29 is 39.7 Å². The summed E-state index contributed by atoms with van der Waals surface area (Å²) < 4.78 is 16.9. The van der Waals surface area contributed by atoms with Gasteiger partial charge >= 0.3 is 0 Å². The fraction of sp³-hybridized carbons (Fsp3) is 0.500. The molecule has 8 heteroatoms. The Hall–Kier alpha value is -2.04. The van der Waals surface area contributed by atoms with Crippen molar-refractivity contribution in [2.45, 2.75) is 56.1 Å². The molecule has 0 spiro atoms. The van der Waals surface area contributed by atoms with Gasteiger partial charge in [-0.1, -0.05) is 30.3 Å². The standard InChI is InChI=1S/C24H30O8/c25-11-16-4-1-15(9-14-2-5-17(6-3-14)31-18-7-8-30-13-18)10-19(16)24-23(29)22(28)21(27)20(12-26)32-24/h1-6,10,18,20-29H,7-9,11-13H2/t18-,20-,21-,22+,23-,24+/m1/s1. The van der Waals surface area contributed by atoms with Gasteiger partial charge in [0.1, 0.15) is 42.4 Å². The maximum atomic E-state index is 10.5. The third kappa shape index (κ3) is 4.97. The highest BCUT2D eigenvalue weighted by Crippen LogP contribution is 2.35. The molecule has 2 aromatic rings. The second-order valence-electron chi connectivity index (χ2n) is 8.36. The van der Waals surface area contributed by atoms with Crippen LogP contribution in [-0.2, 0) is 22.5 Å². The predicted molar refractivity (Wildman–Crippen MR) is 114 cm³/mol. The van der Waals surface area contributed by atoms with Gasteiger partial charge in [0.25, 0.3) is 0 Å². The Kier molecular flexibility index (Phi) is 7.42. The highest BCUT2D eigenvalue weighted by molar-refractivity contribution is 5.38. The molecule has 2 aliphatic rings. The number of hydrogen-bond donors (Lipinski definition) is 5. The molecule has 5 N–H and O–H groups in total.